The summed E-state index contributed by atoms with van der Waals surface area (Å²) < 4.78 is 6.49. The molecule has 0 atom stereocenters. The Morgan fingerprint density at radius 1 is 1.21 bits per heavy atom. The first-order valence-corrected chi connectivity index (χ1v) is 6.87. The zero-order valence-electron chi connectivity index (χ0n) is 12.2. The number of anilines is 1. The largest absolute Gasteiger partial charge is 0.379 e. The molecule has 0 amide bonds. The summed E-state index contributed by atoms with van der Waals surface area (Å²) in [6, 6.07) is 5.51. The first-order chi connectivity index (χ1) is 11.8. The predicted octanol–water partition coefficient (Wildman–Crippen LogP) is 0.773. The molecule has 4 heterocycles. The number of imidazole rings is 1. The van der Waals surface area contributed by atoms with Crippen LogP contribution in [-0.2, 0) is 6.54 Å². The fourth-order valence-electron chi connectivity index (χ4n) is 2.32. The SMILES string of the molecule is N#Cc1ncc(Cn2c(-c3nonc3N)nc3cccnc32)cn1. The van der Waals surface area contributed by atoms with E-state index in [0.717, 1.165) is 5.56 Å². The number of nitrogens with zero attached hydrogens (tertiary/aromatic N) is 8. The number of hydrogen-bond donors (Lipinski definition) is 1. The lowest BCUT2D eigenvalue weighted by atomic mass is 10.3. The van der Waals surface area contributed by atoms with Crippen molar-refractivity contribution in [2.45, 2.75) is 6.54 Å². The lowest BCUT2D eigenvalue weighted by molar-refractivity contribution is 0.310. The Bertz CT molecular complexity index is 1060. The van der Waals surface area contributed by atoms with Gasteiger partial charge < -0.3 is 10.3 Å². The van der Waals surface area contributed by atoms with Gasteiger partial charge in [-0.25, -0.2) is 24.6 Å². The molecule has 10 nitrogen and oxygen atoms in total. The van der Waals surface area contributed by atoms with Crippen LogP contribution in [0, 0.1) is 11.3 Å². The fraction of sp³-hybridized carbons (Fsp3) is 0.0714. The van der Waals surface area contributed by atoms with E-state index < -0.39 is 0 Å². The van der Waals surface area contributed by atoms with Crippen molar-refractivity contribution in [1.82, 2.24) is 34.8 Å². The van der Waals surface area contributed by atoms with Gasteiger partial charge in [-0.3, -0.25) is 0 Å². The first kappa shape index (κ1) is 13.8. The smallest absolute Gasteiger partial charge is 0.232 e. The third kappa shape index (κ3) is 2.20. The van der Waals surface area contributed by atoms with Crippen molar-refractivity contribution in [3.05, 3.63) is 42.1 Å². The highest BCUT2D eigenvalue weighted by molar-refractivity contribution is 5.78. The molecule has 116 valence electrons. The van der Waals surface area contributed by atoms with Gasteiger partial charge in [-0.1, -0.05) is 0 Å². The number of nitrogen functional groups attached to an aromatic ring is 1. The molecule has 4 aromatic heterocycles. The first-order valence-electron chi connectivity index (χ1n) is 6.87. The molecule has 0 bridgehead atoms. The summed E-state index contributed by atoms with van der Waals surface area (Å²) in [6.07, 6.45) is 4.83. The Kier molecular flexibility index (Phi) is 3.10. The molecule has 2 N–H and O–H groups in total. The van der Waals surface area contributed by atoms with Crippen molar-refractivity contribution < 1.29 is 4.63 Å². The van der Waals surface area contributed by atoms with E-state index in [0.29, 0.717) is 29.2 Å². The number of hydrogen-bond acceptors (Lipinski definition) is 9. The van der Waals surface area contributed by atoms with Crippen molar-refractivity contribution in [1.29, 1.82) is 5.26 Å². The fourth-order valence-corrected chi connectivity index (χ4v) is 2.32. The molecule has 24 heavy (non-hydrogen) atoms. The van der Waals surface area contributed by atoms with Crippen LogP contribution in [0.3, 0.4) is 0 Å². The average molecular weight is 319 g/mol. The molecule has 4 aromatic rings. The van der Waals surface area contributed by atoms with Crippen LogP contribution in [0.2, 0.25) is 0 Å². The molecule has 0 unspecified atom stereocenters. The second-order valence-electron chi connectivity index (χ2n) is 4.89. The molecule has 0 aromatic carbocycles. The van der Waals surface area contributed by atoms with E-state index in [9.17, 15) is 0 Å². The molecule has 0 saturated heterocycles. The topological polar surface area (TPSA) is 145 Å². The van der Waals surface area contributed by atoms with E-state index in [1.165, 1.54) is 0 Å². The zero-order valence-corrected chi connectivity index (χ0v) is 12.2. The van der Waals surface area contributed by atoms with Crippen molar-refractivity contribution in [2.75, 3.05) is 5.73 Å². The van der Waals surface area contributed by atoms with Crippen LogP contribution in [0.15, 0.2) is 35.4 Å². The van der Waals surface area contributed by atoms with Gasteiger partial charge in [0.2, 0.25) is 5.82 Å². The maximum Gasteiger partial charge on any atom is 0.232 e. The van der Waals surface area contributed by atoms with Gasteiger partial charge in [0.1, 0.15) is 11.6 Å². The van der Waals surface area contributed by atoms with Crippen LogP contribution in [0.25, 0.3) is 22.7 Å². The Morgan fingerprint density at radius 2 is 2.04 bits per heavy atom. The molecule has 0 spiro atoms. The average Bonchev–Trinajstić information content (AvgIpc) is 3.19. The Morgan fingerprint density at radius 3 is 2.75 bits per heavy atom. The van der Waals surface area contributed by atoms with E-state index in [1.807, 2.05) is 16.7 Å². The van der Waals surface area contributed by atoms with Gasteiger partial charge in [0.05, 0.1) is 6.54 Å². The Balaban J connectivity index is 1.86. The summed E-state index contributed by atoms with van der Waals surface area (Å²) in [5.74, 6) is 0.729. The Labute approximate surface area is 134 Å². The van der Waals surface area contributed by atoms with Gasteiger partial charge in [0.15, 0.2) is 23.0 Å². The number of pyridine rings is 1. The van der Waals surface area contributed by atoms with Crippen molar-refractivity contribution in [3.8, 4) is 17.6 Å². The molecule has 0 aliphatic rings. The van der Waals surface area contributed by atoms with Crippen molar-refractivity contribution in [2.24, 2.45) is 0 Å². The highest BCUT2D eigenvalue weighted by Crippen LogP contribution is 2.26. The highest BCUT2D eigenvalue weighted by atomic mass is 16.6. The van der Waals surface area contributed by atoms with Crippen LogP contribution in [0.1, 0.15) is 11.4 Å². The summed E-state index contributed by atoms with van der Waals surface area (Å²) in [6.45, 7) is 0.376. The molecule has 0 fully saturated rings. The lowest BCUT2D eigenvalue weighted by Gasteiger charge is -2.06. The quantitative estimate of drug-likeness (QED) is 0.578. The third-order valence-corrected chi connectivity index (χ3v) is 3.38. The van der Waals surface area contributed by atoms with Crippen LogP contribution in [-0.4, -0.2) is 34.8 Å². The molecule has 10 heteroatoms. The Hall–Kier alpha value is -3.87. The van der Waals surface area contributed by atoms with E-state index in [1.54, 1.807) is 24.7 Å². The summed E-state index contributed by atoms with van der Waals surface area (Å²) >= 11 is 0. The summed E-state index contributed by atoms with van der Waals surface area (Å²) in [5.41, 5.74) is 8.24. The number of nitriles is 1. The van der Waals surface area contributed by atoms with Crippen LogP contribution >= 0.6 is 0 Å². The zero-order chi connectivity index (χ0) is 16.5. The van der Waals surface area contributed by atoms with Gasteiger partial charge in [0.25, 0.3) is 0 Å². The molecular formula is C14H9N9O. The maximum absolute atomic E-state index is 8.79. The van der Waals surface area contributed by atoms with E-state index in [2.05, 4.69) is 34.9 Å². The van der Waals surface area contributed by atoms with E-state index in [4.69, 9.17) is 11.0 Å². The maximum atomic E-state index is 8.79. The monoisotopic (exact) mass is 319 g/mol. The van der Waals surface area contributed by atoms with Gasteiger partial charge >= 0.3 is 0 Å². The number of fused-ring (bicyclic) bond motifs is 1. The molecule has 0 radical (unpaired) electrons. The highest BCUT2D eigenvalue weighted by Gasteiger charge is 2.20. The van der Waals surface area contributed by atoms with Gasteiger partial charge in [-0.15, -0.1) is 0 Å². The van der Waals surface area contributed by atoms with Crippen LogP contribution < -0.4 is 5.73 Å². The molecule has 0 aliphatic heterocycles. The second kappa shape index (κ2) is 5.40. The van der Waals surface area contributed by atoms with Crippen LogP contribution in [0.5, 0.6) is 0 Å². The summed E-state index contributed by atoms with van der Waals surface area (Å²) in [7, 11) is 0. The van der Waals surface area contributed by atoms with E-state index in [-0.39, 0.29) is 11.6 Å². The predicted molar refractivity (Wildman–Crippen MR) is 81.1 cm³/mol. The third-order valence-electron chi connectivity index (χ3n) is 3.38. The molecule has 0 aliphatic carbocycles. The summed E-state index contributed by atoms with van der Waals surface area (Å²) in [5, 5.41) is 16.2. The van der Waals surface area contributed by atoms with Crippen molar-refractivity contribution >= 4 is 17.0 Å². The number of aromatic nitrogens is 7. The number of rotatable bonds is 3. The minimum atomic E-state index is 0.109. The summed E-state index contributed by atoms with van der Waals surface area (Å²) in [4.78, 5) is 16.8. The standard InChI is InChI=1S/C14H9N9O/c15-4-10-18-5-8(6-19-10)7-23-13-9(2-1-3-17-13)20-14(23)11-12(16)22-24-21-11/h1-3,5-6H,7H2,(H2,16,22). The van der Waals surface area contributed by atoms with Gasteiger partial charge in [-0.05, 0) is 22.4 Å². The van der Waals surface area contributed by atoms with Crippen molar-refractivity contribution in [3.63, 3.8) is 0 Å². The normalized spacial score (nSPS) is 10.8. The minimum Gasteiger partial charge on any atom is -0.379 e. The molecule has 4 rings (SSSR count). The van der Waals surface area contributed by atoms with Crippen LogP contribution in [0.4, 0.5) is 5.82 Å². The lowest BCUT2D eigenvalue weighted by Crippen LogP contribution is -2.05. The van der Waals surface area contributed by atoms with Gasteiger partial charge in [0, 0.05) is 24.2 Å². The molecular weight excluding hydrogens is 310 g/mol. The second-order valence-corrected chi connectivity index (χ2v) is 4.89. The van der Waals surface area contributed by atoms with Gasteiger partial charge in [-0.2, -0.15) is 5.26 Å². The van der Waals surface area contributed by atoms with E-state index >= 15 is 0 Å². The number of nitrogens with two attached hydrogens (primary N) is 1. The minimum absolute atomic E-state index is 0.109. The molecule has 0 saturated carbocycles.